The fraction of sp³-hybridized carbons (Fsp3) is 0.500. The van der Waals surface area contributed by atoms with Gasteiger partial charge in [0.05, 0.1) is 19.3 Å². The number of epoxide rings is 1. The second-order valence-electron chi connectivity index (χ2n) is 3.76. The van der Waals surface area contributed by atoms with Crippen molar-refractivity contribution in [2.75, 3.05) is 13.2 Å². The fourth-order valence-corrected chi connectivity index (χ4v) is 1.64. The maximum Gasteiger partial charge on any atom is 0.120 e. The van der Waals surface area contributed by atoms with Crippen molar-refractivity contribution >= 4 is 11.6 Å². The molecule has 3 heteroatoms. The molecule has 0 aromatic heterocycles. The standard InChI is InChI=1S/C12H15ClO2/c13-10-4-3-6-11(8-10)14-7-2-1-5-12-9-15-12/h3-4,6,8,12H,1-2,5,7,9H2. The van der Waals surface area contributed by atoms with Crippen LogP contribution in [0.2, 0.25) is 5.02 Å². The van der Waals surface area contributed by atoms with Crippen LogP contribution in [0.1, 0.15) is 19.3 Å². The Morgan fingerprint density at radius 3 is 3.00 bits per heavy atom. The molecular formula is C12H15ClO2. The Kier molecular flexibility index (Phi) is 3.87. The van der Waals surface area contributed by atoms with E-state index in [9.17, 15) is 0 Å². The lowest BCUT2D eigenvalue weighted by atomic mass is 10.2. The summed E-state index contributed by atoms with van der Waals surface area (Å²) in [4.78, 5) is 0. The SMILES string of the molecule is Clc1cccc(OCCCCC2CO2)c1. The number of hydrogen-bond donors (Lipinski definition) is 0. The van der Waals surface area contributed by atoms with Crippen molar-refractivity contribution in [1.29, 1.82) is 0 Å². The summed E-state index contributed by atoms with van der Waals surface area (Å²) in [6.45, 7) is 1.71. The maximum absolute atomic E-state index is 5.84. The van der Waals surface area contributed by atoms with E-state index in [0.717, 1.165) is 30.4 Å². The summed E-state index contributed by atoms with van der Waals surface area (Å²) in [5.41, 5.74) is 0. The minimum atomic E-state index is 0.538. The Balaban J connectivity index is 1.60. The highest BCUT2D eigenvalue weighted by molar-refractivity contribution is 6.30. The van der Waals surface area contributed by atoms with Crippen molar-refractivity contribution in [3.05, 3.63) is 29.3 Å². The highest BCUT2D eigenvalue weighted by Crippen LogP contribution is 2.19. The molecule has 0 N–H and O–H groups in total. The van der Waals surface area contributed by atoms with Crippen molar-refractivity contribution in [2.45, 2.75) is 25.4 Å². The lowest BCUT2D eigenvalue weighted by Crippen LogP contribution is -1.98. The van der Waals surface area contributed by atoms with Gasteiger partial charge in [-0.3, -0.25) is 0 Å². The van der Waals surface area contributed by atoms with Gasteiger partial charge in [0, 0.05) is 5.02 Å². The molecule has 0 amide bonds. The van der Waals surface area contributed by atoms with Crippen molar-refractivity contribution in [3.63, 3.8) is 0 Å². The zero-order valence-corrected chi connectivity index (χ0v) is 9.37. The number of unbranched alkanes of at least 4 members (excludes halogenated alkanes) is 1. The second-order valence-corrected chi connectivity index (χ2v) is 4.19. The average Bonchev–Trinajstić information content (AvgIpc) is 3.01. The van der Waals surface area contributed by atoms with E-state index in [1.807, 2.05) is 24.3 Å². The molecule has 82 valence electrons. The van der Waals surface area contributed by atoms with Crippen LogP contribution in [0.5, 0.6) is 5.75 Å². The molecule has 1 aliphatic heterocycles. The van der Waals surface area contributed by atoms with E-state index in [-0.39, 0.29) is 0 Å². The molecule has 0 spiro atoms. The van der Waals surface area contributed by atoms with E-state index in [1.54, 1.807) is 0 Å². The summed E-state index contributed by atoms with van der Waals surface area (Å²) in [6, 6.07) is 7.51. The number of benzene rings is 1. The maximum atomic E-state index is 5.84. The quantitative estimate of drug-likeness (QED) is 0.549. The minimum absolute atomic E-state index is 0.538. The molecule has 2 rings (SSSR count). The highest BCUT2D eigenvalue weighted by Gasteiger charge is 2.20. The van der Waals surface area contributed by atoms with Gasteiger partial charge < -0.3 is 9.47 Å². The van der Waals surface area contributed by atoms with Gasteiger partial charge in [-0.05, 0) is 37.5 Å². The summed E-state index contributed by atoms with van der Waals surface area (Å²) >= 11 is 5.84. The van der Waals surface area contributed by atoms with Crippen molar-refractivity contribution < 1.29 is 9.47 Å². The Morgan fingerprint density at radius 1 is 1.40 bits per heavy atom. The summed E-state index contributed by atoms with van der Waals surface area (Å²) in [5, 5.41) is 0.721. The Morgan fingerprint density at radius 2 is 2.27 bits per heavy atom. The molecule has 1 heterocycles. The molecule has 1 fully saturated rings. The van der Waals surface area contributed by atoms with Gasteiger partial charge in [0.15, 0.2) is 0 Å². The molecular weight excluding hydrogens is 212 g/mol. The molecule has 1 aliphatic rings. The first-order valence-corrected chi connectivity index (χ1v) is 5.72. The lowest BCUT2D eigenvalue weighted by Gasteiger charge is -2.05. The summed E-state index contributed by atoms with van der Waals surface area (Å²) in [6.07, 6.45) is 3.95. The van der Waals surface area contributed by atoms with Gasteiger partial charge in [-0.25, -0.2) is 0 Å². The van der Waals surface area contributed by atoms with E-state index in [2.05, 4.69) is 0 Å². The van der Waals surface area contributed by atoms with Crippen LogP contribution >= 0.6 is 11.6 Å². The molecule has 0 aliphatic carbocycles. The van der Waals surface area contributed by atoms with E-state index in [0.29, 0.717) is 6.10 Å². The Labute approximate surface area is 95.1 Å². The number of hydrogen-bond acceptors (Lipinski definition) is 2. The Hall–Kier alpha value is -0.730. The molecule has 1 saturated heterocycles. The molecule has 1 atom stereocenters. The molecule has 0 saturated carbocycles. The van der Waals surface area contributed by atoms with E-state index >= 15 is 0 Å². The largest absolute Gasteiger partial charge is 0.494 e. The van der Waals surface area contributed by atoms with Gasteiger partial charge in [0.2, 0.25) is 0 Å². The Bertz CT molecular complexity index is 310. The smallest absolute Gasteiger partial charge is 0.120 e. The average molecular weight is 227 g/mol. The van der Waals surface area contributed by atoms with Gasteiger partial charge in [0.1, 0.15) is 5.75 Å². The monoisotopic (exact) mass is 226 g/mol. The predicted octanol–water partition coefficient (Wildman–Crippen LogP) is 3.29. The summed E-state index contributed by atoms with van der Waals surface area (Å²) in [5.74, 6) is 0.852. The molecule has 15 heavy (non-hydrogen) atoms. The van der Waals surface area contributed by atoms with Gasteiger partial charge in [0.25, 0.3) is 0 Å². The van der Waals surface area contributed by atoms with Crippen LogP contribution < -0.4 is 4.74 Å². The highest BCUT2D eigenvalue weighted by atomic mass is 35.5. The van der Waals surface area contributed by atoms with Crippen LogP contribution in [0, 0.1) is 0 Å². The first-order chi connectivity index (χ1) is 7.34. The third-order valence-electron chi connectivity index (χ3n) is 2.39. The van der Waals surface area contributed by atoms with Crippen LogP contribution in [0.15, 0.2) is 24.3 Å². The van der Waals surface area contributed by atoms with Crippen LogP contribution in [0.4, 0.5) is 0 Å². The van der Waals surface area contributed by atoms with Crippen LogP contribution in [-0.2, 0) is 4.74 Å². The van der Waals surface area contributed by atoms with Gasteiger partial charge >= 0.3 is 0 Å². The molecule has 1 aromatic rings. The first-order valence-electron chi connectivity index (χ1n) is 5.34. The third-order valence-corrected chi connectivity index (χ3v) is 2.62. The van der Waals surface area contributed by atoms with Crippen LogP contribution in [0.3, 0.4) is 0 Å². The molecule has 1 aromatic carbocycles. The lowest BCUT2D eigenvalue weighted by molar-refractivity contribution is 0.299. The number of halogens is 1. The van der Waals surface area contributed by atoms with E-state index in [1.165, 1.54) is 12.8 Å². The molecule has 0 radical (unpaired) electrons. The summed E-state index contributed by atoms with van der Waals surface area (Å²) in [7, 11) is 0. The van der Waals surface area contributed by atoms with Gasteiger partial charge in [-0.15, -0.1) is 0 Å². The van der Waals surface area contributed by atoms with Crippen molar-refractivity contribution in [3.8, 4) is 5.75 Å². The summed E-state index contributed by atoms with van der Waals surface area (Å²) < 4.78 is 10.7. The second kappa shape index (κ2) is 5.38. The van der Waals surface area contributed by atoms with E-state index in [4.69, 9.17) is 21.1 Å². The zero-order chi connectivity index (χ0) is 10.5. The molecule has 1 unspecified atom stereocenters. The minimum Gasteiger partial charge on any atom is -0.494 e. The molecule has 0 bridgehead atoms. The fourth-order valence-electron chi connectivity index (χ4n) is 1.46. The van der Waals surface area contributed by atoms with Crippen molar-refractivity contribution in [2.24, 2.45) is 0 Å². The molecule has 2 nitrogen and oxygen atoms in total. The van der Waals surface area contributed by atoms with Gasteiger partial charge in [-0.1, -0.05) is 17.7 Å². The third kappa shape index (κ3) is 4.10. The topological polar surface area (TPSA) is 21.8 Å². The van der Waals surface area contributed by atoms with E-state index < -0.39 is 0 Å². The van der Waals surface area contributed by atoms with Crippen LogP contribution in [0.25, 0.3) is 0 Å². The first kappa shape index (κ1) is 10.8. The van der Waals surface area contributed by atoms with Gasteiger partial charge in [-0.2, -0.15) is 0 Å². The van der Waals surface area contributed by atoms with Crippen LogP contribution in [-0.4, -0.2) is 19.3 Å². The predicted molar refractivity (Wildman–Crippen MR) is 60.5 cm³/mol. The normalized spacial score (nSPS) is 18.9. The number of ether oxygens (including phenoxy) is 2. The number of rotatable bonds is 6. The van der Waals surface area contributed by atoms with Crippen molar-refractivity contribution in [1.82, 2.24) is 0 Å². The zero-order valence-electron chi connectivity index (χ0n) is 8.62.